The van der Waals surface area contributed by atoms with Crippen LogP contribution in [0.5, 0.6) is 0 Å². The van der Waals surface area contributed by atoms with Crippen molar-refractivity contribution in [3.63, 3.8) is 0 Å². The van der Waals surface area contributed by atoms with Crippen LogP contribution in [0.25, 0.3) is 0 Å². The molecule has 5 nitrogen and oxygen atoms in total. The minimum atomic E-state index is -0.415. The number of rotatable bonds is 7. The molecule has 1 amide bonds. The van der Waals surface area contributed by atoms with Crippen molar-refractivity contribution in [3.05, 3.63) is 65.2 Å². The molecule has 0 aliphatic rings. The lowest BCUT2D eigenvalue weighted by atomic mass is 9.98. The number of anilines is 1. The summed E-state index contributed by atoms with van der Waals surface area (Å²) in [6.07, 6.45) is 0.331. The van der Waals surface area contributed by atoms with Crippen molar-refractivity contribution < 1.29 is 14.3 Å². The first-order chi connectivity index (χ1) is 12.0. The molecule has 0 heterocycles. The highest BCUT2D eigenvalue weighted by atomic mass is 35.5. The average Bonchev–Trinajstić information content (AvgIpc) is 2.57. The summed E-state index contributed by atoms with van der Waals surface area (Å²) < 4.78 is 5.04. The second-order valence-electron chi connectivity index (χ2n) is 5.90. The van der Waals surface area contributed by atoms with Crippen molar-refractivity contribution in [1.82, 2.24) is 5.32 Å². The molecule has 0 aliphatic heterocycles. The number of ether oxygens (including phenoxy) is 1. The molecule has 0 radical (unpaired) electrons. The predicted octanol–water partition coefficient (Wildman–Crippen LogP) is 3.35. The number of amides is 1. The summed E-state index contributed by atoms with van der Waals surface area (Å²) in [5, 5.41) is 2.96. The minimum absolute atomic E-state index is 0. The van der Waals surface area contributed by atoms with Crippen molar-refractivity contribution in [3.8, 4) is 0 Å². The Hall–Kier alpha value is -2.53. The number of carbonyl (C=O) groups excluding carboxylic acids is 2. The lowest BCUT2D eigenvalue weighted by molar-refractivity contribution is -0.143. The number of carbonyl (C=O) groups is 2. The smallest absolute Gasteiger partial charge is 0.308 e. The maximum atomic E-state index is 12.4. The van der Waals surface area contributed by atoms with Gasteiger partial charge in [0.1, 0.15) is 0 Å². The molecule has 6 heteroatoms. The number of nitrogens with two attached hydrogens (primary N) is 1. The second-order valence-corrected chi connectivity index (χ2v) is 5.90. The van der Waals surface area contributed by atoms with E-state index in [4.69, 9.17) is 10.5 Å². The van der Waals surface area contributed by atoms with Crippen LogP contribution in [-0.2, 0) is 20.7 Å². The van der Waals surface area contributed by atoms with Gasteiger partial charge in [-0.2, -0.15) is 0 Å². The van der Waals surface area contributed by atoms with Gasteiger partial charge >= 0.3 is 5.97 Å². The number of nitrogens with one attached hydrogen (secondary N) is 1. The molecule has 0 saturated heterocycles. The Morgan fingerprint density at radius 2 is 1.77 bits per heavy atom. The second kappa shape index (κ2) is 10.5. The van der Waals surface area contributed by atoms with E-state index in [2.05, 4.69) is 5.32 Å². The maximum absolute atomic E-state index is 12.4. The summed E-state index contributed by atoms with van der Waals surface area (Å²) >= 11 is 0. The molecule has 0 aromatic heterocycles. The molecule has 2 aromatic carbocycles. The Kier molecular flexibility index (Phi) is 8.65. The van der Waals surface area contributed by atoms with Gasteiger partial charge < -0.3 is 15.8 Å². The third kappa shape index (κ3) is 6.41. The molecule has 0 spiro atoms. The van der Waals surface area contributed by atoms with Crippen molar-refractivity contribution in [2.45, 2.75) is 32.7 Å². The fraction of sp³-hybridized carbons (Fsp3) is 0.300. The summed E-state index contributed by atoms with van der Waals surface area (Å²) in [4.78, 5) is 24.4. The van der Waals surface area contributed by atoms with Crippen LogP contribution >= 0.6 is 12.4 Å². The van der Waals surface area contributed by atoms with Gasteiger partial charge in [-0.05, 0) is 42.7 Å². The molecule has 26 heavy (non-hydrogen) atoms. The molecule has 140 valence electrons. The van der Waals surface area contributed by atoms with Gasteiger partial charge in [0.15, 0.2) is 0 Å². The Balaban J connectivity index is 0.00000338. The Labute approximate surface area is 160 Å². The molecule has 1 unspecified atom stereocenters. The standard InChI is InChI=1S/C20H24N2O3.ClH/c1-3-25-20(24)13-18(17-7-5-4-6-14(17)2)22-19(23)12-15-8-10-16(21)11-9-15;/h4-11,18H,3,12-13,21H2,1-2H3,(H,22,23);1H. The third-order valence-electron chi connectivity index (χ3n) is 3.92. The third-order valence-corrected chi connectivity index (χ3v) is 3.92. The van der Waals surface area contributed by atoms with Gasteiger partial charge in [0, 0.05) is 5.69 Å². The predicted molar refractivity (Wildman–Crippen MR) is 105 cm³/mol. The summed E-state index contributed by atoms with van der Waals surface area (Å²) in [5.41, 5.74) is 9.12. The summed E-state index contributed by atoms with van der Waals surface area (Å²) in [6, 6.07) is 14.5. The molecule has 3 N–H and O–H groups in total. The van der Waals surface area contributed by atoms with Crippen LogP contribution in [0.1, 0.15) is 36.1 Å². The van der Waals surface area contributed by atoms with Gasteiger partial charge in [-0.25, -0.2) is 0 Å². The number of hydrogen-bond donors (Lipinski definition) is 2. The quantitative estimate of drug-likeness (QED) is 0.573. The van der Waals surface area contributed by atoms with Crippen LogP contribution in [0.2, 0.25) is 0 Å². The Morgan fingerprint density at radius 1 is 1.12 bits per heavy atom. The molecule has 0 fully saturated rings. The van der Waals surface area contributed by atoms with Crippen LogP contribution < -0.4 is 11.1 Å². The van der Waals surface area contributed by atoms with Gasteiger partial charge in [-0.1, -0.05) is 36.4 Å². The van der Waals surface area contributed by atoms with Crippen molar-refractivity contribution in [2.24, 2.45) is 0 Å². The molecule has 0 saturated carbocycles. The summed E-state index contributed by atoms with van der Waals surface area (Å²) in [5.74, 6) is -0.481. The van der Waals surface area contributed by atoms with Gasteiger partial charge in [-0.3, -0.25) is 9.59 Å². The first-order valence-corrected chi connectivity index (χ1v) is 8.34. The fourth-order valence-electron chi connectivity index (χ4n) is 2.67. The highest BCUT2D eigenvalue weighted by Crippen LogP contribution is 2.21. The van der Waals surface area contributed by atoms with E-state index in [1.165, 1.54) is 0 Å². The molecule has 2 rings (SSSR count). The molecular formula is C20H25ClN2O3. The van der Waals surface area contributed by atoms with E-state index >= 15 is 0 Å². The van der Waals surface area contributed by atoms with Crippen LogP contribution in [0, 0.1) is 6.92 Å². The van der Waals surface area contributed by atoms with E-state index in [9.17, 15) is 9.59 Å². The van der Waals surface area contributed by atoms with Crippen molar-refractivity contribution in [2.75, 3.05) is 12.3 Å². The zero-order valence-electron chi connectivity index (χ0n) is 15.0. The number of nitrogen functional groups attached to an aromatic ring is 1. The average molecular weight is 377 g/mol. The number of hydrogen-bond acceptors (Lipinski definition) is 4. The van der Waals surface area contributed by atoms with Gasteiger partial charge in [0.05, 0.1) is 25.5 Å². The molecule has 1 atom stereocenters. The SMILES string of the molecule is CCOC(=O)CC(NC(=O)Cc1ccc(N)cc1)c1ccccc1C.Cl. The summed E-state index contributed by atoms with van der Waals surface area (Å²) in [7, 11) is 0. The molecule has 2 aromatic rings. The van der Waals surface area contributed by atoms with Crippen LogP contribution in [0.15, 0.2) is 48.5 Å². The highest BCUT2D eigenvalue weighted by Gasteiger charge is 2.20. The molecular weight excluding hydrogens is 352 g/mol. The normalized spacial score (nSPS) is 11.2. The molecule has 0 aliphatic carbocycles. The van der Waals surface area contributed by atoms with Crippen LogP contribution in [0.3, 0.4) is 0 Å². The maximum Gasteiger partial charge on any atom is 0.308 e. The minimum Gasteiger partial charge on any atom is -0.466 e. The van der Waals surface area contributed by atoms with Gasteiger partial charge in [0.25, 0.3) is 0 Å². The molecule has 0 bridgehead atoms. The van der Waals surface area contributed by atoms with Crippen molar-refractivity contribution >= 4 is 30.0 Å². The number of aryl methyl sites for hydroxylation is 1. The van der Waals surface area contributed by atoms with Gasteiger partial charge in [0.2, 0.25) is 5.91 Å². The van der Waals surface area contributed by atoms with E-state index in [1.54, 1.807) is 19.1 Å². The van der Waals surface area contributed by atoms with Crippen molar-refractivity contribution in [1.29, 1.82) is 0 Å². The Morgan fingerprint density at radius 3 is 2.38 bits per heavy atom. The summed E-state index contributed by atoms with van der Waals surface area (Å²) in [6.45, 7) is 4.04. The lowest BCUT2D eigenvalue weighted by Crippen LogP contribution is -2.32. The zero-order chi connectivity index (χ0) is 18.2. The van der Waals surface area contributed by atoms with E-state index in [0.717, 1.165) is 16.7 Å². The first-order valence-electron chi connectivity index (χ1n) is 8.34. The first kappa shape index (κ1) is 21.5. The van der Waals surface area contributed by atoms with Gasteiger partial charge in [-0.15, -0.1) is 12.4 Å². The lowest BCUT2D eigenvalue weighted by Gasteiger charge is -2.20. The fourth-order valence-corrected chi connectivity index (χ4v) is 2.67. The monoisotopic (exact) mass is 376 g/mol. The van der Waals surface area contributed by atoms with Crippen LogP contribution in [0.4, 0.5) is 5.69 Å². The van der Waals surface area contributed by atoms with E-state index in [-0.39, 0.29) is 37.1 Å². The van der Waals surface area contributed by atoms with E-state index in [1.807, 2.05) is 43.3 Å². The number of benzene rings is 2. The zero-order valence-corrected chi connectivity index (χ0v) is 15.8. The largest absolute Gasteiger partial charge is 0.466 e. The number of esters is 1. The highest BCUT2D eigenvalue weighted by molar-refractivity contribution is 5.85. The Bertz CT molecular complexity index is 732. The van der Waals surface area contributed by atoms with E-state index in [0.29, 0.717) is 12.3 Å². The van der Waals surface area contributed by atoms with E-state index < -0.39 is 6.04 Å². The topological polar surface area (TPSA) is 81.4 Å². The van der Waals surface area contributed by atoms with Crippen LogP contribution in [-0.4, -0.2) is 18.5 Å². The number of halogens is 1.